The second-order valence-electron chi connectivity index (χ2n) is 8.00. The lowest BCUT2D eigenvalue weighted by atomic mass is 10.0. The zero-order valence-corrected chi connectivity index (χ0v) is 17.2. The second-order valence-corrected chi connectivity index (χ2v) is 8.00. The van der Waals surface area contributed by atoms with Crippen molar-refractivity contribution in [2.75, 3.05) is 26.7 Å². The molecule has 0 bridgehead atoms. The first-order valence-corrected chi connectivity index (χ1v) is 10.8. The largest absolute Gasteiger partial charge is 0.344 e. The van der Waals surface area contributed by atoms with E-state index in [1.807, 2.05) is 18.0 Å². The van der Waals surface area contributed by atoms with Crippen molar-refractivity contribution in [3.05, 3.63) is 71.8 Å². The van der Waals surface area contributed by atoms with Crippen LogP contribution in [0, 0.1) is 0 Å². The van der Waals surface area contributed by atoms with Crippen LogP contribution in [0.5, 0.6) is 0 Å². The molecule has 1 saturated heterocycles. The third-order valence-electron chi connectivity index (χ3n) is 5.82. The molecule has 28 heavy (non-hydrogen) atoms. The van der Waals surface area contributed by atoms with Gasteiger partial charge in [-0.2, -0.15) is 0 Å². The SMILES string of the molecule is CN(CCCCCc1ccccc1)C(=O)[C@H](Cc1ccccc1)N1CCCC1. The molecule has 0 N–H and O–H groups in total. The summed E-state index contributed by atoms with van der Waals surface area (Å²) in [6.45, 7) is 2.95. The van der Waals surface area contributed by atoms with Gasteiger partial charge >= 0.3 is 0 Å². The monoisotopic (exact) mass is 378 g/mol. The number of carbonyl (C=O) groups excluding carboxylic acids is 1. The molecule has 0 radical (unpaired) electrons. The van der Waals surface area contributed by atoms with Crippen molar-refractivity contribution in [1.82, 2.24) is 9.80 Å². The summed E-state index contributed by atoms with van der Waals surface area (Å²) in [5, 5.41) is 0. The summed E-state index contributed by atoms with van der Waals surface area (Å²) in [6.07, 6.45) is 7.79. The molecule has 1 amide bonds. The number of benzene rings is 2. The quantitative estimate of drug-likeness (QED) is 0.566. The number of hydrogen-bond acceptors (Lipinski definition) is 2. The highest BCUT2D eigenvalue weighted by Gasteiger charge is 2.30. The van der Waals surface area contributed by atoms with Gasteiger partial charge in [-0.05, 0) is 62.7 Å². The van der Waals surface area contributed by atoms with E-state index in [1.54, 1.807) is 0 Å². The molecule has 1 aliphatic rings. The predicted molar refractivity (Wildman–Crippen MR) is 116 cm³/mol. The van der Waals surface area contributed by atoms with E-state index < -0.39 is 0 Å². The molecular formula is C25H34N2O. The van der Waals surface area contributed by atoms with Crippen molar-refractivity contribution in [2.24, 2.45) is 0 Å². The summed E-state index contributed by atoms with van der Waals surface area (Å²) in [4.78, 5) is 17.6. The van der Waals surface area contributed by atoms with Crippen LogP contribution in [-0.2, 0) is 17.6 Å². The van der Waals surface area contributed by atoms with Gasteiger partial charge in [0.05, 0.1) is 6.04 Å². The lowest BCUT2D eigenvalue weighted by Gasteiger charge is -2.30. The van der Waals surface area contributed by atoms with E-state index >= 15 is 0 Å². The first kappa shape index (κ1) is 20.6. The van der Waals surface area contributed by atoms with Crippen molar-refractivity contribution < 1.29 is 4.79 Å². The maximum Gasteiger partial charge on any atom is 0.240 e. The van der Waals surface area contributed by atoms with Gasteiger partial charge in [0, 0.05) is 13.6 Å². The Morgan fingerprint density at radius 1 is 0.893 bits per heavy atom. The Balaban J connectivity index is 1.47. The Hall–Kier alpha value is -2.13. The number of likely N-dealkylation sites (tertiary alicyclic amines) is 1. The molecule has 1 aliphatic heterocycles. The highest BCUT2D eigenvalue weighted by atomic mass is 16.2. The van der Waals surface area contributed by atoms with Crippen LogP contribution >= 0.6 is 0 Å². The highest BCUT2D eigenvalue weighted by molar-refractivity contribution is 5.82. The molecule has 3 heteroatoms. The number of rotatable bonds is 10. The first-order chi connectivity index (χ1) is 13.7. The minimum Gasteiger partial charge on any atom is -0.344 e. The van der Waals surface area contributed by atoms with Crippen LogP contribution in [0.1, 0.15) is 43.2 Å². The molecule has 2 aromatic rings. The summed E-state index contributed by atoms with van der Waals surface area (Å²) in [5.41, 5.74) is 2.66. The molecule has 0 unspecified atom stereocenters. The molecule has 1 atom stereocenters. The van der Waals surface area contributed by atoms with Crippen molar-refractivity contribution in [1.29, 1.82) is 0 Å². The minimum absolute atomic E-state index is 0.0146. The number of likely N-dealkylation sites (N-methyl/N-ethyl adjacent to an activating group) is 1. The standard InChI is InChI=1S/C25H34N2O/c1-26(18-10-4-9-15-22-13-5-2-6-14-22)25(28)24(27-19-11-12-20-27)21-23-16-7-3-8-17-23/h2-3,5-8,13-14,16-17,24H,4,9-12,15,18-21H2,1H3/t24-/m0/s1. The van der Waals surface area contributed by atoms with E-state index in [-0.39, 0.29) is 11.9 Å². The molecule has 0 spiro atoms. The maximum absolute atomic E-state index is 13.2. The fraction of sp³-hybridized carbons (Fsp3) is 0.480. The van der Waals surface area contributed by atoms with Crippen molar-refractivity contribution in [2.45, 2.75) is 51.0 Å². The van der Waals surface area contributed by atoms with Crippen molar-refractivity contribution in [3.63, 3.8) is 0 Å². The van der Waals surface area contributed by atoms with E-state index in [9.17, 15) is 4.79 Å². The van der Waals surface area contributed by atoms with E-state index in [0.29, 0.717) is 0 Å². The smallest absolute Gasteiger partial charge is 0.240 e. The Kier molecular flexibility index (Phi) is 8.10. The molecule has 0 aliphatic carbocycles. The maximum atomic E-state index is 13.2. The van der Waals surface area contributed by atoms with Crippen LogP contribution in [0.4, 0.5) is 0 Å². The van der Waals surface area contributed by atoms with Gasteiger partial charge in [-0.25, -0.2) is 0 Å². The Labute approximate surface area is 170 Å². The van der Waals surface area contributed by atoms with E-state index in [0.717, 1.165) is 38.9 Å². The summed E-state index contributed by atoms with van der Waals surface area (Å²) >= 11 is 0. The van der Waals surface area contributed by atoms with Crippen LogP contribution in [0.2, 0.25) is 0 Å². The lowest BCUT2D eigenvalue weighted by Crippen LogP contribution is -2.48. The first-order valence-electron chi connectivity index (χ1n) is 10.8. The molecule has 1 heterocycles. The van der Waals surface area contributed by atoms with Gasteiger partial charge in [-0.3, -0.25) is 9.69 Å². The number of amides is 1. The number of unbranched alkanes of at least 4 members (excludes halogenated alkanes) is 2. The van der Waals surface area contributed by atoms with Gasteiger partial charge in [0.1, 0.15) is 0 Å². The van der Waals surface area contributed by atoms with Crippen LogP contribution in [0.3, 0.4) is 0 Å². The van der Waals surface area contributed by atoms with E-state index in [1.165, 1.54) is 36.8 Å². The zero-order chi connectivity index (χ0) is 19.6. The van der Waals surface area contributed by atoms with Gasteiger partial charge in [-0.1, -0.05) is 67.1 Å². The zero-order valence-electron chi connectivity index (χ0n) is 17.2. The number of nitrogens with zero attached hydrogens (tertiary/aromatic N) is 2. The third kappa shape index (κ3) is 6.20. The van der Waals surface area contributed by atoms with Crippen LogP contribution in [0.15, 0.2) is 60.7 Å². The highest BCUT2D eigenvalue weighted by Crippen LogP contribution is 2.18. The van der Waals surface area contributed by atoms with Gasteiger partial charge in [-0.15, -0.1) is 0 Å². The number of hydrogen-bond donors (Lipinski definition) is 0. The van der Waals surface area contributed by atoms with Crippen LogP contribution < -0.4 is 0 Å². The summed E-state index contributed by atoms with van der Waals surface area (Å²) in [5.74, 6) is 0.286. The summed E-state index contributed by atoms with van der Waals surface area (Å²) in [7, 11) is 1.98. The topological polar surface area (TPSA) is 23.6 Å². The van der Waals surface area contributed by atoms with Gasteiger partial charge in [0.15, 0.2) is 0 Å². The number of aryl methyl sites for hydroxylation is 1. The van der Waals surface area contributed by atoms with Crippen LogP contribution in [0.25, 0.3) is 0 Å². The van der Waals surface area contributed by atoms with Crippen molar-refractivity contribution >= 4 is 5.91 Å². The Morgan fingerprint density at radius 2 is 1.50 bits per heavy atom. The fourth-order valence-corrected chi connectivity index (χ4v) is 4.13. The fourth-order valence-electron chi connectivity index (χ4n) is 4.13. The normalized spacial score (nSPS) is 15.5. The molecule has 1 fully saturated rings. The molecular weight excluding hydrogens is 344 g/mol. The molecule has 3 nitrogen and oxygen atoms in total. The third-order valence-corrected chi connectivity index (χ3v) is 5.82. The molecule has 3 rings (SSSR count). The molecule has 0 saturated carbocycles. The average molecular weight is 379 g/mol. The minimum atomic E-state index is -0.0146. The predicted octanol–water partition coefficient (Wildman–Crippen LogP) is 4.56. The van der Waals surface area contributed by atoms with Crippen LogP contribution in [-0.4, -0.2) is 48.4 Å². The van der Waals surface area contributed by atoms with Crippen molar-refractivity contribution in [3.8, 4) is 0 Å². The Morgan fingerprint density at radius 3 is 2.14 bits per heavy atom. The van der Waals surface area contributed by atoms with Gasteiger partial charge in [0.25, 0.3) is 0 Å². The second kappa shape index (κ2) is 11.0. The average Bonchev–Trinajstić information content (AvgIpc) is 3.27. The van der Waals surface area contributed by atoms with E-state index in [2.05, 4.69) is 59.5 Å². The van der Waals surface area contributed by atoms with Gasteiger partial charge < -0.3 is 4.90 Å². The Bertz CT molecular complexity index is 695. The lowest BCUT2D eigenvalue weighted by molar-refractivity contribution is -0.135. The van der Waals surface area contributed by atoms with E-state index in [4.69, 9.17) is 0 Å². The summed E-state index contributed by atoms with van der Waals surface area (Å²) < 4.78 is 0. The number of carbonyl (C=O) groups is 1. The summed E-state index contributed by atoms with van der Waals surface area (Å²) in [6, 6.07) is 21.1. The molecule has 150 valence electrons. The molecule has 2 aromatic carbocycles. The molecule has 0 aromatic heterocycles. The van der Waals surface area contributed by atoms with Gasteiger partial charge in [0.2, 0.25) is 5.91 Å².